The Morgan fingerprint density at radius 1 is 0.818 bits per heavy atom. The zero-order chi connectivity index (χ0) is 24.9. The van der Waals surface area contributed by atoms with E-state index in [1.807, 2.05) is 24.3 Å². The molecule has 0 saturated carbocycles. The van der Waals surface area contributed by atoms with E-state index in [0.29, 0.717) is 23.3 Å². The van der Waals surface area contributed by atoms with Gasteiger partial charge in [0.2, 0.25) is 0 Å². The molecule has 0 aromatic heterocycles. The topological polar surface area (TPSA) is 117 Å². The average molecular weight is 533 g/mol. The second-order valence-corrected chi connectivity index (χ2v) is 7.13. The van der Waals surface area contributed by atoms with Crippen molar-refractivity contribution >= 4 is 35.1 Å². The van der Waals surface area contributed by atoms with Gasteiger partial charge >= 0.3 is 120 Å². The summed E-state index contributed by atoms with van der Waals surface area (Å²) in [4.78, 5) is 19.2. The molecule has 8 nitrogen and oxygen atoms in total. The number of hydrogen-bond donors (Lipinski definition) is 0. The Morgan fingerprint density at radius 3 is 1.52 bits per heavy atom. The summed E-state index contributed by atoms with van der Waals surface area (Å²) in [5.74, 6) is -1.03. The van der Waals surface area contributed by atoms with Crippen LogP contribution in [0.2, 0.25) is 10.0 Å². The van der Waals surface area contributed by atoms with Gasteiger partial charge in [-0.05, 0) is 26.0 Å². The van der Waals surface area contributed by atoms with Crippen LogP contribution in [0, 0.1) is 0 Å². The third-order valence-corrected chi connectivity index (χ3v) is 4.31. The first-order valence-electron chi connectivity index (χ1n) is 9.36. The number of rotatable bonds is 10. The van der Waals surface area contributed by atoms with Gasteiger partial charge in [0.15, 0.2) is 0 Å². The number of halogens is 2. The molecule has 0 saturated heterocycles. The van der Waals surface area contributed by atoms with Gasteiger partial charge in [-0.1, -0.05) is 0 Å². The van der Waals surface area contributed by atoms with Crippen LogP contribution in [0.25, 0.3) is 0 Å². The van der Waals surface area contributed by atoms with E-state index in [0.717, 1.165) is 36.2 Å². The van der Waals surface area contributed by atoms with Crippen molar-refractivity contribution in [2.45, 2.75) is 13.8 Å². The van der Waals surface area contributed by atoms with Crippen molar-refractivity contribution in [1.29, 1.82) is 0 Å². The van der Waals surface area contributed by atoms with Crippen LogP contribution in [0.5, 0.6) is 11.5 Å². The van der Waals surface area contributed by atoms with E-state index in [9.17, 15) is 19.8 Å². The van der Waals surface area contributed by atoms with Crippen LogP contribution in [0.15, 0.2) is 73.2 Å². The van der Waals surface area contributed by atoms with Crippen LogP contribution in [0.1, 0.15) is 13.8 Å². The molecule has 0 aliphatic heterocycles. The quantitative estimate of drug-likeness (QED) is 0.260. The molecular formula is C22H22Cl2O8Ti. The van der Waals surface area contributed by atoms with Crippen LogP contribution >= 0.6 is 23.2 Å². The molecule has 2 rings (SSSR count). The number of hydrogen-bond acceptors (Lipinski definition) is 8. The van der Waals surface area contributed by atoms with Gasteiger partial charge in [0, 0.05) is 0 Å². The van der Waals surface area contributed by atoms with Crippen molar-refractivity contribution in [2.24, 2.45) is 0 Å². The zero-order valence-electron chi connectivity index (χ0n) is 17.9. The second kappa shape index (κ2) is 20.0. The van der Waals surface area contributed by atoms with Crippen LogP contribution in [0.4, 0.5) is 0 Å². The van der Waals surface area contributed by atoms with Crippen molar-refractivity contribution < 1.29 is 55.8 Å². The minimum absolute atomic E-state index is 0.476. The molecule has 0 N–H and O–H groups in total. The minimum atomic E-state index is -1.24. The van der Waals surface area contributed by atoms with Gasteiger partial charge in [-0.3, -0.25) is 0 Å². The molecule has 33 heavy (non-hydrogen) atoms. The Balaban J connectivity index is 0.000000539. The number of benzene rings is 2. The fourth-order valence-corrected chi connectivity index (χ4v) is 2.70. The summed E-state index contributed by atoms with van der Waals surface area (Å²) >= 11 is 10.7. The molecule has 0 aliphatic rings. The van der Waals surface area contributed by atoms with E-state index in [2.05, 4.69) is 9.47 Å². The summed E-state index contributed by atoms with van der Waals surface area (Å²) in [6.07, 6.45) is 3.86. The molecule has 2 aromatic carbocycles. The molecule has 0 aliphatic carbocycles. The van der Waals surface area contributed by atoms with E-state index < -0.39 is 31.9 Å². The summed E-state index contributed by atoms with van der Waals surface area (Å²) in [5.41, 5.74) is 0. The molecule has 2 aromatic rings. The Hall–Kier alpha value is -2.65. The maximum atomic E-state index is 9.60. The van der Waals surface area contributed by atoms with E-state index >= 15 is 0 Å². The third kappa shape index (κ3) is 19.7. The monoisotopic (exact) mass is 532 g/mol. The van der Waals surface area contributed by atoms with E-state index in [1.165, 1.54) is 0 Å². The van der Waals surface area contributed by atoms with Crippen LogP contribution in [0.3, 0.4) is 0 Å². The number of carboxylic acids is 2. The van der Waals surface area contributed by atoms with Gasteiger partial charge in [0.1, 0.15) is 0 Å². The molecule has 0 bridgehead atoms. The summed E-state index contributed by atoms with van der Waals surface area (Å²) < 4.78 is 20.1. The van der Waals surface area contributed by atoms with Gasteiger partial charge < -0.3 is 29.3 Å². The third-order valence-electron chi connectivity index (χ3n) is 2.85. The SMILES string of the molecule is CCOC=CC(=O)[O-].CCOC=CC(=O)[O-].Clc1cccc([O][Ti+2][O]c2cccc(Cl)c2)c1. The van der Waals surface area contributed by atoms with E-state index in [-0.39, 0.29) is 0 Å². The summed E-state index contributed by atoms with van der Waals surface area (Å²) in [6.45, 7) is 4.48. The molecule has 0 heterocycles. The van der Waals surface area contributed by atoms with Gasteiger partial charge in [-0.2, -0.15) is 0 Å². The van der Waals surface area contributed by atoms with Crippen LogP contribution < -0.4 is 16.8 Å². The zero-order valence-corrected chi connectivity index (χ0v) is 20.9. The van der Waals surface area contributed by atoms with Gasteiger partial charge in [0.05, 0.1) is 37.7 Å². The van der Waals surface area contributed by atoms with Crippen molar-refractivity contribution in [2.75, 3.05) is 13.2 Å². The number of carbonyl (C=O) groups excluding carboxylic acids is 2. The van der Waals surface area contributed by atoms with Crippen molar-refractivity contribution in [1.82, 2.24) is 0 Å². The Labute approximate surface area is 212 Å². The number of carbonyl (C=O) groups is 2. The Kier molecular flexibility index (Phi) is 18.4. The number of aliphatic carboxylic acids is 2. The average Bonchev–Trinajstić information content (AvgIpc) is 2.75. The van der Waals surface area contributed by atoms with Gasteiger partial charge in [0.25, 0.3) is 0 Å². The predicted molar refractivity (Wildman–Crippen MR) is 116 cm³/mol. The standard InChI is InChI=1S/2C6H5ClO.2C5H8O3.Ti/c2*7-5-2-1-3-6(8)4-5;2*1-2-8-4-3-5(6)7;/h2*1-4,8H;2*3-4H,2H2,1H3,(H,6,7);/q;;;;+4/p-4. The summed E-state index contributed by atoms with van der Waals surface area (Å²) in [5, 5.41) is 20.5. The molecule has 0 amide bonds. The molecule has 0 unspecified atom stereocenters. The molecule has 0 fully saturated rings. The maximum absolute atomic E-state index is 9.60. The molecule has 0 spiro atoms. The van der Waals surface area contributed by atoms with E-state index in [1.54, 1.807) is 38.1 Å². The Bertz CT molecular complexity index is 819. The first-order chi connectivity index (χ1) is 15.8. The summed E-state index contributed by atoms with van der Waals surface area (Å²) in [6, 6.07) is 14.5. The first-order valence-corrected chi connectivity index (χ1v) is 11.4. The van der Waals surface area contributed by atoms with Crippen LogP contribution in [-0.4, -0.2) is 25.2 Å². The van der Waals surface area contributed by atoms with Crippen molar-refractivity contribution in [3.05, 3.63) is 83.3 Å². The van der Waals surface area contributed by atoms with Gasteiger partial charge in [-0.25, -0.2) is 0 Å². The molecule has 0 atom stereocenters. The number of carboxylic acid groups (broad SMARTS) is 2. The predicted octanol–water partition coefficient (Wildman–Crippen LogP) is 2.94. The molecule has 0 radical (unpaired) electrons. The van der Waals surface area contributed by atoms with Crippen LogP contribution in [-0.2, 0) is 39.0 Å². The second-order valence-electron chi connectivity index (χ2n) is 5.36. The van der Waals surface area contributed by atoms with Gasteiger partial charge in [-0.15, -0.1) is 0 Å². The van der Waals surface area contributed by atoms with E-state index in [4.69, 9.17) is 29.8 Å². The van der Waals surface area contributed by atoms with Crippen molar-refractivity contribution in [3.8, 4) is 11.5 Å². The molecular weight excluding hydrogens is 511 g/mol. The fourth-order valence-electron chi connectivity index (χ4n) is 1.58. The number of ether oxygens (including phenoxy) is 2. The van der Waals surface area contributed by atoms with Crippen molar-refractivity contribution in [3.63, 3.8) is 0 Å². The Morgan fingerprint density at radius 2 is 1.21 bits per heavy atom. The fraction of sp³-hybridized carbons (Fsp3) is 0.182. The first kappa shape index (κ1) is 30.4. The summed E-state index contributed by atoms with van der Waals surface area (Å²) in [7, 11) is 0. The molecule has 176 valence electrons. The normalized spacial score (nSPS) is 9.58. The molecule has 11 heteroatoms.